The maximum atomic E-state index is 12.8. The second kappa shape index (κ2) is 7.87. The highest BCUT2D eigenvalue weighted by molar-refractivity contribution is 7.89. The molecule has 6 heteroatoms. The first-order chi connectivity index (χ1) is 12.0. The lowest BCUT2D eigenvalue weighted by molar-refractivity contribution is 0.0303. The molecule has 2 aromatic rings. The SMILES string of the molecule is COC(c1ccccc1)C1CCN(S(=O)(=O)c2ccccc2Cl)CC1. The Morgan fingerprint density at radius 1 is 1.04 bits per heavy atom. The summed E-state index contributed by atoms with van der Waals surface area (Å²) >= 11 is 6.08. The van der Waals surface area contributed by atoms with E-state index >= 15 is 0 Å². The van der Waals surface area contributed by atoms with Gasteiger partial charge in [-0.3, -0.25) is 0 Å². The molecule has 1 heterocycles. The van der Waals surface area contributed by atoms with Gasteiger partial charge in [-0.2, -0.15) is 4.31 Å². The summed E-state index contributed by atoms with van der Waals surface area (Å²) in [6.07, 6.45) is 1.51. The third kappa shape index (κ3) is 3.90. The molecule has 0 aliphatic carbocycles. The minimum atomic E-state index is -3.55. The second-order valence-electron chi connectivity index (χ2n) is 6.24. The number of hydrogen-bond donors (Lipinski definition) is 0. The summed E-state index contributed by atoms with van der Waals surface area (Å²) in [4.78, 5) is 0.182. The lowest BCUT2D eigenvalue weighted by Gasteiger charge is -2.35. The Balaban J connectivity index is 1.72. The molecule has 0 amide bonds. The highest BCUT2D eigenvalue weighted by Crippen LogP contribution is 2.35. The zero-order chi connectivity index (χ0) is 17.9. The molecule has 0 aromatic heterocycles. The van der Waals surface area contributed by atoms with Crippen molar-refractivity contribution < 1.29 is 13.2 Å². The average molecular weight is 380 g/mol. The molecule has 1 unspecified atom stereocenters. The molecule has 1 saturated heterocycles. The third-order valence-corrected chi connectivity index (χ3v) is 7.16. The van der Waals surface area contributed by atoms with Gasteiger partial charge in [0, 0.05) is 20.2 Å². The zero-order valence-corrected chi connectivity index (χ0v) is 15.7. The van der Waals surface area contributed by atoms with Gasteiger partial charge in [0.15, 0.2) is 0 Å². The average Bonchev–Trinajstić information content (AvgIpc) is 2.64. The quantitative estimate of drug-likeness (QED) is 0.784. The molecule has 25 heavy (non-hydrogen) atoms. The van der Waals surface area contributed by atoms with E-state index in [4.69, 9.17) is 16.3 Å². The Kier molecular flexibility index (Phi) is 5.79. The molecule has 0 spiro atoms. The van der Waals surface area contributed by atoms with Crippen molar-refractivity contribution in [2.24, 2.45) is 5.92 Å². The fraction of sp³-hybridized carbons (Fsp3) is 0.368. The molecule has 1 fully saturated rings. The minimum absolute atomic E-state index is 0.00799. The van der Waals surface area contributed by atoms with Gasteiger partial charge in [0.25, 0.3) is 0 Å². The highest BCUT2D eigenvalue weighted by atomic mass is 35.5. The van der Waals surface area contributed by atoms with Crippen LogP contribution in [0.15, 0.2) is 59.5 Å². The molecule has 134 valence electrons. The van der Waals surface area contributed by atoms with Crippen LogP contribution in [0.4, 0.5) is 0 Å². The standard InChI is InChI=1S/C19H22ClNO3S/c1-24-19(15-7-3-2-4-8-15)16-11-13-21(14-12-16)25(22,23)18-10-6-5-9-17(18)20/h2-10,16,19H,11-14H2,1H3. The molecular formula is C19H22ClNO3S. The lowest BCUT2D eigenvalue weighted by Crippen LogP contribution is -2.40. The maximum absolute atomic E-state index is 12.8. The van der Waals surface area contributed by atoms with Crippen molar-refractivity contribution in [2.45, 2.75) is 23.8 Å². The normalized spacial score (nSPS) is 18.2. The molecule has 0 N–H and O–H groups in total. The number of hydrogen-bond acceptors (Lipinski definition) is 3. The fourth-order valence-corrected chi connectivity index (χ4v) is 5.42. The molecule has 0 bridgehead atoms. The van der Waals surface area contributed by atoms with Crippen molar-refractivity contribution in [3.8, 4) is 0 Å². The number of nitrogens with zero attached hydrogens (tertiary/aromatic N) is 1. The van der Waals surface area contributed by atoms with E-state index in [9.17, 15) is 8.42 Å². The van der Waals surface area contributed by atoms with Gasteiger partial charge in [-0.05, 0) is 36.5 Å². The van der Waals surface area contributed by atoms with Gasteiger partial charge < -0.3 is 4.74 Å². The molecule has 1 aliphatic heterocycles. The lowest BCUT2D eigenvalue weighted by atomic mass is 9.88. The van der Waals surface area contributed by atoms with Crippen LogP contribution in [0.1, 0.15) is 24.5 Å². The fourth-order valence-electron chi connectivity index (χ4n) is 3.46. The molecule has 2 aromatic carbocycles. The molecule has 1 atom stereocenters. The maximum Gasteiger partial charge on any atom is 0.244 e. The summed E-state index contributed by atoms with van der Waals surface area (Å²) in [6, 6.07) is 16.7. The van der Waals surface area contributed by atoms with E-state index in [2.05, 4.69) is 12.1 Å². The predicted molar refractivity (Wildman–Crippen MR) is 99.1 cm³/mol. The first-order valence-corrected chi connectivity index (χ1v) is 10.2. The number of piperidine rings is 1. The van der Waals surface area contributed by atoms with Gasteiger partial charge >= 0.3 is 0 Å². The van der Waals surface area contributed by atoms with E-state index in [1.165, 1.54) is 4.31 Å². The van der Waals surface area contributed by atoms with Crippen LogP contribution in [-0.4, -0.2) is 32.9 Å². The Hall–Kier alpha value is -1.40. The number of sulfonamides is 1. The van der Waals surface area contributed by atoms with Gasteiger partial charge in [-0.25, -0.2) is 8.42 Å². The number of rotatable bonds is 5. The summed E-state index contributed by atoms with van der Waals surface area (Å²) in [7, 11) is -1.84. The Morgan fingerprint density at radius 3 is 2.24 bits per heavy atom. The predicted octanol–water partition coefficient (Wildman–Crippen LogP) is 4.13. The minimum Gasteiger partial charge on any atom is -0.376 e. The van der Waals surface area contributed by atoms with Crippen molar-refractivity contribution >= 4 is 21.6 Å². The van der Waals surface area contributed by atoms with Gasteiger partial charge in [0.05, 0.1) is 11.1 Å². The van der Waals surface area contributed by atoms with Crippen LogP contribution in [0.3, 0.4) is 0 Å². The largest absolute Gasteiger partial charge is 0.376 e. The molecule has 0 radical (unpaired) electrons. The van der Waals surface area contributed by atoms with Crippen LogP contribution < -0.4 is 0 Å². The van der Waals surface area contributed by atoms with Gasteiger partial charge in [0.2, 0.25) is 10.0 Å². The summed E-state index contributed by atoms with van der Waals surface area (Å²) in [5.41, 5.74) is 1.14. The Labute approximate surface area is 154 Å². The summed E-state index contributed by atoms with van der Waals surface area (Å²) in [6.45, 7) is 0.954. The molecular weight excluding hydrogens is 358 g/mol. The van der Waals surface area contributed by atoms with Crippen LogP contribution in [-0.2, 0) is 14.8 Å². The van der Waals surface area contributed by atoms with E-state index in [0.29, 0.717) is 19.0 Å². The van der Waals surface area contributed by atoms with E-state index in [1.807, 2.05) is 18.2 Å². The van der Waals surface area contributed by atoms with Crippen LogP contribution in [0.5, 0.6) is 0 Å². The van der Waals surface area contributed by atoms with E-state index in [1.54, 1.807) is 31.4 Å². The molecule has 4 nitrogen and oxygen atoms in total. The third-order valence-electron chi connectivity index (χ3n) is 4.76. The van der Waals surface area contributed by atoms with Crippen LogP contribution in [0.2, 0.25) is 5.02 Å². The first kappa shape index (κ1) is 18.4. The zero-order valence-electron chi connectivity index (χ0n) is 14.1. The number of methoxy groups -OCH3 is 1. The Bertz CT molecular complexity index is 802. The van der Waals surface area contributed by atoms with Crippen molar-refractivity contribution in [2.75, 3.05) is 20.2 Å². The van der Waals surface area contributed by atoms with E-state index < -0.39 is 10.0 Å². The summed E-state index contributed by atoms with van der Waals surface area (Å²) < 4.78 is 32.9. The highest BCUT2D eigenvalue weighted by Gasteiger charge is 2.34. The number of benzene rings is 2. The molecule has 0 saturated carbocycles. The second-order valence-corrected chi connectivity index (χ2v) is 8.55. The van der Waals surface area contributed by atoms with Gasteiger partial charge in [-0.15, -0.1) is 0 Å². The Morgan fingerprint density at radius 2 is 1.64 bits per heavy atom. The molecule has 1 aliphatic rings. The topological polar surface area (TPSA) is 46.6 Å². The van der Waals surface area contributed by atoms with Gasteiger partial charge in [-0.1, -0.05) is 54.1 Å². The van der Waals surface area contributed by atoms with Crippen molar-refractivity contribution in [3.63, 3.8) is 0 Å². The van der Waals surface area contributed by atoms with Crippen LogP contribution in [0, 0.1) is 5.92 Å². The van der Waals surface area contributed by atoms with Crippen molar-refractivity contribution in [1.82, 2.24) is 4.31 Å². The van der Waals surface area contributed by atoms with Crippen LogP contribution >= 0.6 is 11.6 Å². The first-order valence-electron chi connectivity index (χ1n) is 8.36. The smallest absolute Gasteiger partial charge is 0.244 e. The van der Waals surface area contributed by atoms with E-state index in [-0.39, 0.29) is 16.0 Å². The van der Waals surface area contributed by atoms with Crippen LogP contribution in [0.25, 0.3) is 0 Å². The number of halogens is 1. The summed E-state index contributed by atoms with van der Waals surface area (Å²) in [5.74, 6) is 0.296. The van der Waals surface area contributed by atoms with E-state index in [0.717, 1.165) is 18.4 Å². The number of ether oxygens (including phenoxy) is 1. The monoisotopic (exact) mass is 379 g/mol. The summed E-state index contributed by atoms with van der Waals surface area (Å²) in [5, 5.41) is 0.267. The van der Waals surface area contributed by atoms with Crippen molar-refractivity contribution in [1.29, 1.82) is 0 Å². The van der Waals surface area contributed by atoms with Gasteiger partial charge in [0.1, 0.15) is 4.90 Å². The van der Waals surface area contributed by atoms with Crippen molar-refractivity contribution in [3.05, 3.63) is 65.2 Å². The molecule has 3 rings (SSSR count).